The molecule has 3 N–H and O–H groups in total. The van der Waals surface area contributed by atoms with E-state index >= 15 is 0 Å². The van der Waals surface area contributed by atoms with Gasteiger partial charge in [0.1, 0.15) is 17.4 Å². The lowest BCUT2D eigenvalue weighted by molar-refractivity contribution is 0.471. The molecule has 0 saturated heterocycles. The number of halogens is 2. The van der Waals surface area contributed by atoms with Crippen molar-refractivity contribution in [1.82, 2.24) is 0 Å². The van der Waals surface area contributed by atoms with Gasteiger partial charge in [-0.05, 0) is 23.8 Å². The van der Waals surface area contributed by atoms with Gasteiger partial charge in [-0.25, -0.2) is 8.78 Å². The van der Waals surface area contributed by atoms with Crippen molar-refractivity contribution in [2.45, 2.75) is 12.6 Å². The molecule has 20 heavy (non-hydrogen) atoms. The average molecular weight is 276 g/mol. The highest BCUT2D eigenvalue weighted by Gasteiger charge is 2.33. The van der Waals surface area contributed by atoms with E-state index in [-0.39, 0.29) is 12.3 Å². The number of phenolic OH excluding ortho intramolecular Hbond substituents is 1. The molecule has 104 valence electrons. The second kappa shape index (κ2) is 4.76. The van der Waals surface area contributed by atoms with Crippen molar-refractivity contribution in [3.63, 3.8) is 0 Å². The molecule has 0 spiro atoms. The molecule has 1 aliphatic rings. The third kappa shape index (κ3) is 1.91. The van der Waals surface area contributed by atoms with Crippen molar-refractivity contribution in [2.75, 3.05) is 11.4 Å². The number of hydrogen-bond acceptors (Lipinski definition) is 3. The van der Waals surface area contributed by atoms with Gasteiger partial charge in [0.15, 0.2) is 0 Å². The number of nitrogens with two attached hydrogens (primary N) is 1. The van der Waals surface area contributed by atoms with Crippen molar-refractivity contribution in [3.8, 4) is 5.75 Å². The van der Waals surface area contributed by atoms with Crippen LogP contribution in [0.4, 0.5) is 14.5 Å². The summed E-state index contributed by atoms with van der Waals surface area (Å²) in [6, 6.07) is 8.57. The molecule has 0 radical (unpaired) electrons. The summed E-state index contributed by atoms with van der Waals surface area (Å²) in [4.78, 5) is 1.79. The monoisotopic (exact) mass is 276 g/mol. The van der Waals surface area contributed by atoms with E-state index in [9.17, 15) is 13.9 Å². The number of anilines is 1. The Hall–Kier alpha value is -2.14. The number of nitrogens with zero attached hydrogens (tertiary/aromatic N) is 1. The summed E-state index contributed by atoms with van der Waals surface area (Å²) in [7, 11) is 0. The molecule has 0 aromatic heterocycles. The number of hydrogen-bond donors (Lipinski definition) is 2. The summed E-state index contributed by atoms with van der Waals surface area (Å²) in [5, 5.41) is 9.94. The standard InChI is InChI=1S/C15H14F2N2O/c16-10-5-9-8-19(12-3-1-2-4-14(12)20)13(7-18)15(9)11(17)6-10/h1-6,13,20H,7-8,18H2. The minimum atomic E-state index is -0.601. The van der Waals surface area contributed by atoms with Crippen LogP contribution in [0.3, 0.4) is 0 Å². The predicted molar refractivity (Wildman–Crippen MR) is 72.4 cm³/mol. The van der Waals surface area contributed by atoms with Gasteiger partial charge in [-0.3, -0.25) is 0 Å². The number of phenols is 1. The number of fused-ring (bicyclic) bond motifs is 1. The zero-order valence-corrected chi connectivity index (χ0v) is 10.7. The number of rotatable bonds is 2. The van der Waals surface area contributed by atoms with Crippen molar-refractivity contribution in [1.29, 1.82) is 0 Å². The van der Waals surface area contributed by atoms with E-state index in [0.717, 1.165) is 6.07 Å². The first-order chi connectivity index (χ1) is 9.61. The van der Waals surface area contributed by atoms with E-state index in [1.54, 1.807) is 29.2 Å². The van der Waals surface area contributed by atoms with E-state index in [2.05, 4.69) is 0 Å². The van der Waals surface area contributed by atoms with Gasteiger partial charge in [0.25, 0.3) is 0 Å². The lowest BCUT2D eigenvalue weighted by atomic mass is 10.0. The van der Waals surface area contributed by atoms with E-state index in [1.165, 1.54) is 6.07 Å². The lowest BCUT2D eigenvalue weighted by Crippen LogP contribution is -2.28. The Labute approximate surface area is 115 Å². The SMILES string of the molecule is NCC1c2c(F)cc(F)cc2CN1c1ccccc1O. The van der Waals surface area contributed by atoms with Crippen LogP contribution in [0.5, 0.6) is 5.75 Å². The van der Waals surface area contributed by atoms with Crippen LogP contribution in [0.15, 0.2) is 36.4 Å². The molecule has 0 amide bonds. The van der Waals surface area contributed by atoms with E-state index in [4.69, 9.17) is 5.73 Å². The van der Waals surface area contributed by atoms with Crippen LogP contribution in [0, 0.1) is 11.6 Å². The van der Waals surface area contributed by atoms with E-state index < -0.39 is 17.7 Å². The Morgan fingerprint density at radius 3 is 2.70 bits per heavy atom. The maximum absolute atomic E-state index is 14.0. The van der Waals surface area contributed by atoms with Gasteiger partial charge in [-0.15, -0.1) is 0 Å². The van der Waals surface area contributed by atoms with Gasteiger partial charge in [-0.2, -0.15) is 0 Å². The van der Waals surface area contributed by atoms with Gasteiger partial charge in [0.05, 0.1) is 11.7 Å². The quantitative estimate of drug-likeness (QED) is 0.886. The van der Waals surface area contributed by atoms with Gasteiger partial charge in [0, 0.05) is 24.7 Å². The normalized spacial score (nSPS) is 17.4. The Morgan fingerprint density at radius 2 is 2.00 bits per heavy atom. The van der Waals surface area contributed by atoms with E-state index in [0.29, 0.717) is 23.4 Å². The topological polar surface area (TPSA) is 49.5 Å². The van der Waals surface area contributed by atoms with Gasteiger partial charge in [-0.1, -0.05) is 12.1 Å². The summed E-state index contributed by atoms with van der Waals surface area (Å²) in [6.07, 6.45) is 0. The Bertz CT molecular complexity index is 660. The van der Waals surface area contributed by atoms with Crippen molar-refractivity contribution in [2.24, 2.45) is 5.73 Å². The van der Waals surface area contributed by atoms with Crippen LogP contribution in [-0.2, 0) is 6.54 Å². The summed E-state index contributed by atoms with van der Waals surface area (Å²) in [5.41, 5.74) is 7.30. The summed E-state index contributed by atoms with van der Waals surface area (Å²) < 4.78 is 27.3. The molecule has 3 rings (SSSR count). The van der Waals surface area contributed by atoms with Crippen LogP contribution in [0.25, 0.3) is 0 Å². The molecule has 1 atom stereocenters. The zero-order valence-electron chi connectivity index (χ0n) is 10.7. The minimum absolute atomic E-state index is 0.0969. The first-order valence-electron chi connectivity index (χ1n) is 6.34. The Kier molecular flexibility index (Phi) is 3.06. The molecule has 1 unspecified atom stereocenters. The van der Waals surface area contributed by atoms with Gasteiger partial charge < -0.3 is 15.7 Å². The third-order valence-corrected chi connectivity index (χ3v) is 3.64. The second-order valence-corrected chi connectivity index (χ2v) is 4.83. The molecule has 2 aromatic rings. The summed E-state index contributed by atoms with van der Waals surface area (Å²) in [6.45, 7) is 0.507. The fraction of sp³-hybridized carbons (Fsp3) is 0.200. The highest BCUT2D eigenvalue weighted by atomic mass is 19.1. The fourth-order valence-corrected chi connectivity index (χ4v) is 2.80. The molecule has 0 saturated carbocycles. The van der Waals surface area contributed by atoms with Crippen molar-refractivity contribution >= 4 is 5.69 Å². The highest BCUT2D eigenvalue weighted by molar-refractivity contribution is 5.62. The van der Waals surface area contributed by atoms with Gasteiger partial charge >= 0.3 is 0 Å². The van der Waals surface area contributed by atoms with Crippen LogP contribution < -0.4 is 10.6 Å². The zero-order chi connectivity index (χ0) is 14.3. The van der Waals surface area contributed by atoms with Crippen LogP contribution >= 0.6 is 0 Å². The molecule has 0 fully saturated rings. The summed E-state index contributed by atoms with van der Waals surface area (Å²) in [5.74, 6) is -1.09. The predicted octanol–water partition coefficient (Wildman–Crippen LogP) is 2.69. The van der Waals surface area contributed by atoms with Crippen LogP contribution in [0.1, 0.15) is 17.2 Å². The molecular formula is C15H14F2N2O. The molecule has 5 heteroatoms. The maximum Gasteiger partial charge on any atom is 0.138 e. The largest absolute Gasteiger partial charge is 0.506 e. The first kappa shape index (κ1) is 12.9. The third-order valence-electron chi connectivity index (χ3n) is 3.64. The molecule has 1 aliphatic heterocycles. The molecule has 3 nitrogen and oxygen atoms in total. The van der Waals surface area contributed by atoms with Crippen molar-refractivity contribution < 1.29 is 13.9 Å². The van der Waals surface area contributed by atoms with Crippen molar-refractivity contribution in [3.05, 3.63) is 59.2 Å². The number of benzene rings is 2. The molecule has 2 aromatic carbocycles. The fourth-order valence-electron chi connectivity index (χ4n) is 2.80. The number of aromatic hydroxyl groups is 1. The molecule has 0 aliphatic carbocycles. The minimum Gasteiger partial charge on any atom is -0.506 e. The van der Waals surface area contributed by atoms with Gasteiger partial charge in [0.2, 0.25) is 0 Å². The first-order valence-corrected chi connectivity index (χ1v) is 6.34. The number of para-hydroxylation sites is 2. The van der Waals surface area contributed by atoms with Crippen LogP contribution in [-0.4, -0.2) is 11.7 Å². The second-order valence-electron chi connectivity index (χ2n) is 4.83. The smallest absolute Gasteiger partial charge is 0.138 e. The molecular weight excluding hydrogens is 262 g/mol. The van der Waals surface area contributed by atoms with Crippen LogP contribution in [0.2, 0.25) is 0 Å². The molecule has 1 heterocycles. The average Bonchev–Trinajstić information content (AvgIpc) is 2.77. The lowest BCUT2D eigenvalue weighted by Gasteiger charge is -2.26. The Morgan fingerprint density at radius 1 is 1.25 bits per heavy atom. The maximum atomic E-state index is 14.0. The van der Waals surface area contributed by atoms with E-state index in [1.807, 2.05) is 0 Å². The highest BCUT2D eigenvalue weighted by Crippen LogP contribution is 2.41. The molecule has 0 bridgehead atoms. The summed E-state index contributed by atoms with van der Waals surface area (Å²) >= 11 is 0. The Balaban J connectivity index is 2.09.